The topological polar surface area (TPSA) is 116 Å². The number of nitrogens with zero attached hydrogens (tertiary/aromatic N) is 1. The van der Waals surface area contributed by atoms with Crippen molar-refractivity contribution >= 4 is 38.7 Å². The zero-order chi connectivity index (χ0) is 22.6. The fraction of sp³-hybridized carbons (Fsp3) is 0.0952. The first-order valence-corrected chi connectivity index (χ1v) is 10.8. The first kappa shape index (κ1) is 22.3. The van der Waals surface area contributed by atoms with Crippen LogP contribution >= 0.6 is 11.6 Å². The number of halogens is 1. The third-order valence-electron chi connectivity index (χ3n) is 4.40. The Morgan fingerprint density at radius 1 is 1.03 bits per heavy atom. The largest absolute Gasteiger partial charge is 0.496 e. The number of amides is 1. The Hall–Kier alpha value is -3.43. The number of anilines is 1. The van der Waals surface area contributed by atoms with Crippen molar-refractivity contribution in [3.8, 4) is 5.75 Å². The summed E-state index contributed by atoms with van der Waals surface area (Å²) in [6, 6.07) is 15.2. The number of hydrogen-bond donors (Lipinski definition) is 1. The predicted molar refractivity (Wildman–Crippen MR) is 115 cm³/mol. The third kappa shape index (κ3) is 5.19. The minimum atomic E-state index is -3.86. The van der Waals surface area contributed by atoms with E-state index in [0.717, 1.165) is 12.1 Å². The average Bonchev–Trinajstić information content (AvgIpc) is 2.74. The highest BCUT2D eigenvalue weighted by atomic mass is 35.5. The summed E-state index contributed by atoms with van der Waals surface area (Å²) in [6.45, 7) is 0. The van der Waals surface area contributed by atoms with E-state index in [4.69, 9.17) is 16.3 Å². The van der Waals surface area contributed by atoms with Crippen molar-refractivity contribution in [1.82, 2.24) is 0 Å². The number of hydrogen-bond acceptors (Lipinski definition) is 6. The maximum atomic E-state index is 12.7. The van der Waals surface area contributed by atoms with Crippen LogP contribution in [0.2, 0.25) is 5.02 Å². The molecule has 0 aromatic heterocycles. The fourth-order valence-corrected chi connectivity index (χ4v) is 4.32. The molecule has 1 amide bonds. The van der Waals surface area contributed by atoms with Crippen molar-refractivity contribution in [2.75, 3.05) is 12.4 Å². The number of ether oxygens (including phenoxy) is 1. The number of methoxy groups -OCH3 is 1. The Morgan fingerprint density at radius 2 is 1.61 bits per heavy atom. The van der Waals surface area contributed by atoms with E-state index < -0.39 is 14.8 Å². The van der Waals surface area contributed by atoms with Crippen LogP contribution in [-0.2, 0) is 21.1 Å². The molecule has 0 saturated heterocycles. The Kier molecular flexibility index (Phi) is 6.57. The maximum absolute atomic E-state index is 12.7. The Balaban J connectivity index is 1.73. The number of rotatable bonds is 7. The number of nitro benzene ring substituents is 1. The van der Waals surface area contributed by atoms with Gasteiger partial charge < -0.3 is 10.1 Å². The molecule has 10 heteroatoms. The van der Waals surface area contributed by atoms with Crippen LogP contribution in [0.3, 0.4) is 0 Å². The standard InChI is InChI=1S/C21H17ClN2O6S/c1-30-20-11-2-15(22)12-14(20)13-21(25)23-16-3-7-18(8-4-16)31(28,29)19-9-5-17(6-10-19)24(26)27/h2-12H,13H2,1H3,(H,23,25). The van der Waals surface area contributed by atoms with Crippen molar-refractivity contribution in [2.24, 2.45) is 0 Å². The minimum Gasteiger partial charge on any atom is -0.496 e. The number of nitro groups is 1. The number of carbonyl (C=O) groups is 1. The van der Waals surface area contributed by atoms with Crippen molar-refractivity contribution in [1.29, 1.82) is 0 Å². The molecule has 0 atom stereocenters. The average molecular weight is 461 g/mol. The molecule has 0 fully saturated rings. The number of benzene rings is 3. The highest BCUT2D eigenvalue weighted by Crippen LogP contribution is 2.25. The maximum Gasteiger partial charge on any atom is 0.269 e. The van der Waals surface area contributed by atoms with E-state index in [-0.39, 0.29) is 27.8 Å². The third-order valence-corrected chi connectivity index (χ3v) is 6.42. The van der Waals surface area contributed by atoms with Gasteiger partial charge in [-0.05, 0) is 54.6 Å². The summed E-state index contributed by atoms with van der Waals surface area (Å²) in [4.78, 5) is 22.4. The van der Waals surface area contributed by atoms with E-state index in [0.29, 0.717) is 22.0 Å². The van der Waals surface area contributed by atoms with Crippen LogP contribution in [0.5, 0.6) is 5.75 Å². The van der Waals surface area contributed by atoms with Crippen molar-refractivity contribution in [2.45, 2.75) is 16.2 Å². The Labute approximate surface area is 183 Å². The molecule has 3 aromatic rings. The zero-order valence-electron chi connectivity index (χ0n) is 16.2. The summed E-state index contributed by atoms with van der Waals surface area (Å²) in [5.41, 5.74) is 0.826. The second-order valence-corrected chi connectivity index (χ2v) is 8.85. The lowest BCUT2D eigenvalue weighted by atomic mass is 10.1. The molecule has 3 aromatic carbocycles. The van der Waals surface area contributed by atoms with Gasteiger partial charge in [-0.15, -0.1) is 0 Å². The van der Waals surface area contributed by atoms with Crippen LogP contribution in [0, 0.1) is 10.1 Å². The van der Waals surface area contributed by atoms with E-state index >= 15 is 0 Å². The van der Waals surface area contributed by atoms with Crippen LogP contribution in [-0.4, -0.2) is 26.4 Å². The lowest BCUT2D eigenvalue weighted by Gasteiger charge is -2.10. The van der Waals surface area contributed by atoms with Crippen LogP contribution in [0.1, 0.15) is 5.56 Å². The van der Waals surface area contributed by atoms with Crippen molar-refractivity contribution in [3.05, 3.63) is 87.4 Å². The second-order valence-electron chi connectivity index (χ2n) is 6.46. The first-order valence-electron chi connectivity index (χ1n) is 8.92. The summed E-state index contributed by atoms with van der Waals surface area (Å²) in [6.07, 6.45) is 0.0204. The monoisotopic (exact) mass is 460 g/mol. The van der Waals surface area contributed by atoms with Gasteiger partial charge in [0.25, 0.3) is 5.69 Å². The van der Waals surface area contributed by atoms with E-state index in [1.54, 1.807) is 18.2 Å². The molecular formula is C21H17ClN2O6S. The molecule has 0 aliphatic rings. The molecule has 0 bridgehead atoms. The molecule has 0 heterocycles. The normalized spacial score (nSPS) is 11.0. The molecule has 0 aliphatic carbocycles. The summed E-state index contributed by atoms with van der Waals surface area (Å²) >= 11 is 5.97. The van der Waals surface area contributed by atoms with Gasteiger partial charge in [0.2, 0.25) is 15.7 Å². The smallest absolute Gasteiger partial charge is 0.269 e. The van der Waals surface area contributed by atoms with E-state index in [1.165, 1.54) is 43.5 Å². The SMILES string of the molecule is COc1ccc(Cl)cc1CC(=O)Nc1ccc(S(=O)(=O)c2ccc([N+](=O)[O-])cc2)cc1. The number of nitrogens with one attached hydrogen (secondary N) is 1. The quantitative estimate of drug-likeness (QED) is 0.415. The Morgan fingerprint density at radius 3 is 2.16 bits per heavy atom. The van der Waals surface area contributed by atoms with Crippen LogP contribution in [0.25, 0.3) is 0 Å². The summed E-state index contributed by atoms with van der Waals surface area (Å²) in [7, 11) is -2.36. The van der Waals surface area contributed by atoms with Gasteiger partial charge in [0.05, 0.1) is 28.2 Å². The molecule has 0 unspecified atom stereocenters. The van der Waals surface area contributed by atoms with Gasteiger partial charge in [-0.2, -0.15) is 0 Å². The van der Waals surface area contributed by atoms with Crippen molar-refractivity contribution in [3.63, 3.8) is 0 Å². The molecule has 160 valence electrons. The number of sulfone groups is 1. The molecule has 0 spiro atoms. The van der Waals surface area contributed by atoms with Gasteiger partial charge in [-0.1, -0.05) is 11.6 Å². The number of non-ortho nitro benzene ring substituents is 1. The molecule has 8 nitrogen and oxygen atoms in total. The summed E-state index contributed by atoms with van der Waals surface area (Å²) < 4.78 is 30.6. The molecule has 1 N–H and O–H groups in total. The van der Waals surface area contributed by atoms with E-state index in [2.05, 4.69) is 5.32 Å². The highest BCUT2D eigenvalue weighted by molar-refractivity contribution is 7.91. The first-order chi connectivity index (χ1) is 14.7. The van der Waals surface area contributed by atoms with Gasteiger partial charge in [0, 0.05) is 28.4 Å². The van der Waals surface area contributed by atoms with Gasteiger partial charge in [-0.25, -0.2) is 8.42 Å². The van der Waals surface area contributed by atoms with E-state index in [1.807, 2.05) is 0 Å². The minimum absolute atomic E-state index is 0.00383. The van der Waals surface area contributed by atoms with E-state index in [9.17, 15) is 23.3 Å². The van der Waals surface area contributed by atoms with Gasteiger partial charge in [-0.3, -0.25) is 14.9 Å². The molecular weight excluding hydrogens is 444 g/mol. The van der Waals surface area contributed by atoms with Gasteiger partial charge in [0.15, 0.2) is 0 Å². The predicted octanol–water partition coefficient (Wildman–Crippen LogP) is 4.27. The molecule has 3 rings (SSSR count). The van der Waals surface area contributed by atoms with Crippen LogP contribution in [0.4, 0.5) is 11.4 Å². The fourth-order valence-electron chi connectivity index (χ4n) is 2.86. The molecule has 0 saturated carbocycles. The summed E-state index contributed by atoms with van der Waals surface area (Å²) in [5, 5.41) is 13.9. The van der Waals surface area contributed by atoms with Gasteiger partial charge >= 0.3 is 0 Å². The van der Waals surface area contributed by atoms with Crippen LogP contribution in [0.15, 0.2) is 76.5 Å². The zero-order valence-corrected chi connectivity index (χ0v) is 17.8. The van der Waals surface area contributed by atoms with Gasteiger partial charge in [0.1, 0.15) is 5.75 Å². The van der Waals surface area contributed by atoms with Crippen molar-refractivity contribution < 1.29 is 22.9 Å². The Bertz CT molecular complexity index is 1230. The van der Waals surface area contributed by atoms with Crippen LogP contribution < -0.4 is 10.1 Å². The number of carbonyl (C=O) groups excluding carboxylic acids is 1. The lowest BCUT2D eigenvalue weighted by Crippen LogP contribution is -2.15. The summed E-state index contributed by atoms with van der Waals surface area (Å²) in [5.74, 6) is 0.204. The second kappa shape index (κ2) is 9.15. The molecule has 0 radical (unpaired) electrons. The lowest BCUT2D eigenvalue weighted by molar-refractivity contribution is -0.384. The molecule has 31 heavy (non-hydrogen) atoms. The molecule has 0 aliphatic heterocycles. The highest BCUT2D eigenvalue weighted by Gasteiger charge is 2.19.